The zero-order valence-electron chi connectivity index (χ0n) is 10.1. The van der Waals surface area contributed by atoms with Crippen molar-refractivity contribution in [2.24, 2.45) is 11.5 Å². The van der Waals surface area contributed by atoms with E-state index in [-0.39, 0.29) is 0 Å². The first kappa shape index (κ1) is 17.1. The molecular formula is C9H17N3O7. The Balaban J connectivity index is 4.37. The van der Waals surface area contributed by atoms with Gasteiger partial charge in [-0.3, -0.25) is 9.59 Å². The topological polar surface area (TPSA) is 185 Å². The number of nitrogens with two attached hydrogens (primary N) is 2. The lowest BCUT2D eigenvalue weighted by atomic mass is 10.1. The Labute approximate surface area is 108 Å². The number of nitrogens with one attached hydrogen (secondary N) is 1. The van der Waals surface area contributed by atoms with E-state index in [1.54, 1.807) is 0 Å². The largest absolute Gasteiger partial charge is 0.480 e. The monoisotopic (exact) mass is 279 g/mol. The third kappa shape index (κ3) is 5.99. The fourth-order valence-electron chi connectivity index (χ4n) is 1.03. The van der Waals surface area contributed by atoms with Gasteiger partial charge in [-0.25, -0.2) is 4.79 Å². The molecule has 4 atom stereocenters. The highest BCUT2D eigenvalue weighted by atomic mass is 16.6. The fourth-order valence-corrected chi connectivity index (χ4v) is 1.03. The summed E-state index contributed by atoms with van der Waals surface area (Å²) in [5.41, 5.74) is 9.98. The number of carbonyl (C=O) groups is 3. The van der Waals surface area contributed by atoms with Gasteiger partial charge in [-0.15, -0.1) is 0 Å². The summed E-state index contributed by atoms with van der Waals surface area (Å²) >= 11 is 0. The molecule has 0 aliphatic rings. The molecule has 0 aliphatic carbocycles. The third-order valence-corrected chi connectivity index (χ3v) is 2.19. The van der Waals surface area contributed by atoms with E-state index >= 15 is 0 Å². The summed E-state index contributed by atoms with van der Waals surface area (Å²) < 4.78 is 4.22. The van der Waals surface area contributed by atoms with Gasteiger partial charge in [0.1, 0.15) is 30.9 Å². The van der Waals surface area contributed by atoms with Crippen LogP contribution in [0.1, 0.15) is 6.92 Å². The minimum Gasteiger partial charge on any atom is -0.480 e. The van der Waals surface area contributed by atoms with Gasteiger partial charge in [0.15, 0.2) is 0 Å². The molecule has 0 aliphatic heterocycles. The standard InChI is InChI=1S/C9H17N3O7/c1-3(8(16)17)12-7(15)5(10)6(14)4(13)2-19-9(11)18/h3-6,13-14H,2,10H2,1H3,(H2,11,18)(H,12,15)(H,16,17). The van der Waals surface area contributed by atoms with Crippen molar-refractivity contribution in [3.05, 3.63) is 0 Å². The quantitative estimate of drug-likeness (QED) is 0.280. The molecule has 0 fully saturated rings. The van der Waals surface area contributed by atoms with Gasteiger partial charge in [-0.1, -0.05) is 0 Å². The van der Waals surface area contributed by atoms with Crippen LogP contribution in [0.3, 0.4) is 0 Å². The first-order valence-corrected chi connectivity index (χ1v) is 5.24. The number of carbonyl (C=O) groups excluding carboxylic acids is 2. The molecule has 10 heteroatoms. The molecule has 0 aromatic rings. The molecule has 0 aromatic carbocycles. The van der Waals surface area contributed by atoms with Crippen LogP contribution in [0.4, 0.5) is 4.79 Å². The van der Waals surface area contributed by atoms with Gasteiger partial charge in [0.25, 0.3) is 0 Å². The number of hydrogen-bond donors (Lipinski definition) is 6. The number of aliphatic hydroxyl groups excluding tert-OH is 2. The van der Waals surface area contributed by atoms with Gasteiger partial charge >= 0.3 is 12.1 Å². The van der Waals surface area contributed by atoms with E-state index in [1.165, 1.54) is 6.92 Å². The highest BCUT2D eigenvalue weighted by Crippen LogP contribution is 2.00. The van der Waals surface area contributed by atoms with Gasteiger partial charge in [0, 0.05) is 0 Å². The Morgan fingerprint density at radius 3 is 2.26 bits per heavy atom. The number of ether oxygens (including phenoxy) is 1. The summed E-state index contributed by atoms with van der Waals surface area (Å²) in [7, 11) is 0. The highest BCUT2D eigenvalue weighted by molar-refractivity contribution is 5.87. The minimum atomic E-state index is -1.75. The average molecular weight is 279 g/mol. The molecule has 110 valence electrons. The molecule has 8 N–H and O–H groups in total. The van der Waals surface area contributed by atoms with Crippen molar-refractivity contribution in [2.75, 3.05) is 6.61 Å². The van der Waals surface area contributed by atoms with Crippen molar-refractivity contribution < 1.29 is 34.4 Å². The maximum Gasteiger partial charge on any atom is 0.404 e. The predicted molar refractivity (Wildman–Crippen MR) is 60.8 cm³/mol. The number of hydrogen-bond acceptors (Lipinski definition) is 7. The molecule has 0 radical (unpaired) electrons. The van der Waals surface area contributed by atoms with Crippen LogP contribution >= 0.6 is 0 Å². The third-order valence-electron chi connectivity index (χ3n) is 2.19. The van der Waals surface area contributed by atoms with Crippen LogP contribution in [0.5, 0.6) is 0 Å². The van der Waals surface area contributed by atoms with Crippen molar-refractivity contribution >= 4 is 18.0 Å². The van der Waals surface area contributed by atoms with E-state index < -0.39 is 48.9 Å². The molecule has 0 aromatic heterocycles. The van der Waals surface area contributed by atoms with Crippen molar-refractivity contribution in [3.8, 4) is 0 Å². The van der Waals surface area contributed by atoms with Crippen molar-refractivity contribution in [2.45, 2.75) is 31.2 Å². The Kier molecular flexibility index (Phi) is 6.75. The minimum absolute atomic E-state index is 0.647. The number of carboxylic acid groups (broad SMARTS) is 1. The SMILES string of the molecule is CC(NC(=O)C(N)C(O)C(O)COC(N)=O)C(=O)O. The van der Waals surface area contributed by atoms with E-state index in [9.17, 15) is 24.6 Å². The van der Waals surface area contributed by atoms with Gasteiger partial charge in [-0.05, 0) is 6.92 Å². The zero-order chi connectivity index (χ0) is 15.2. The molecule has 0 spiro atoms. The van der Waals surface area contributed by atoms with Crippen molar-refractivity contribution in [1.29, 1.82) is 0 Å². The molecule has 0 heterocycles. The summed E-state index contributed by atoms with van der Waals surface area (Å²) in [6, 6.07) is -2.79. The number of carboxylic acids is 1. The number of amides is 2. The molecule has 0 saturated heterocycles. The van der Waals surface area contributed by atoms with Crippen LogP contribution in [0, 0.1) is 0 Å². The van der Waals surface area contributed by atoms with Gasteiger partial charge < -0.3 is 36.8 Å². The molecule has 19 heavy (non-hydrogen) atoms. The van der Waals surface area contributed by atoms with E-state index in [4.69, 9.17) is 10.8 Å². The second kappa shape index (κ2) is 7.51. The molecular weight excluding hydrogens is 262 g/mol. The number of aliphatic hydroxyl groups is 2. The van der Waals surface area contributed by atoms with E-state index in [0.717, 1.165) is 0 Å². The van der Waals surface area contributed by atoms with Crippen LogP contribution in [0.25, 0.3) is 0 Å². The second-order valence-corrected chi connectivity index (χ2v) is 3.78. The zero-order valence-corrected chi connectivity index (χ0v) is 10.1. The number of rotatable bonds is 7. The maximum absolute atomic E-state index is 11.4. The van der Waals surface area contributed by atoms with E-state index in [2.05, 4.69) is 10.5 Å². The average Bonchev–Trinajstić information content (AvgIpc) is 2.33. The van der Waals surface area contributed by atoms with Crippen LogP contribution in [-0.2, 0) is 14.3 Å². The summed E-state index contributed by atoms with van der Waals surface area (Å²) in [5.74, 6) is -2.26. The Morgan fingerprint density at radius 1 is 1.32 bits per heavy atom. The van der Waals surface area contributed by atoms with Crippen molar-refractivity contribution in [3.63, 3.8) is 0 Å². The molecule has 0 bridgehead atoms. The van der Waals surface area contributed by atoms with Gasteiger partial charge in [-0.2, -0.15) is 0 Å². The Hall–Kier alpha value is -1.91. The molecule has 0 saturated carbocycles. The summed E-state index contributed by atoms with van der Waals surface area (Å²) in [4.78, 5) is 32.2. The fraction of sp³-hybridized carbons (Fsp3) is 0.667. The second-order valence-electron chi connectivity index (χ2n) is 3.78. The van der Waals surface area contributed by atoms with E-state index in [0.29, 0.717) is 0 Å². The van der Waals surface area contributed by atoms with Gasteiger partial charge in [0.05, 0.1) is 0 Å². The molecule has 2 amide bonds. The Bertz CT molecular complexity index is 349. The Morgan fingerprint density at radius 2 is 1.84 bits per heavy atom. The molecule has 0 rings (SSSR count). The van der Waals surface area contributed by atoms with Gasteiger partial charge in [0.2, 0.25) is 5.91 Å². The predicted octanol–water partition coefficient (Wildman–Crippen LogP) is -3.28. The highest BCUT2D eigenvalue weighted by Gasteiger charge is 2.31. The lowest BCUT2D eigenvalue weighted by Crippen LogP contribution is -2.56. The lowest BCUT2D eigenvalue weighted by Gasteiger charge is -2.23. The maximum atomic E-state index is 11.4. The van der Waals surface area contributed by atoms with E-state index in [1.807, 2.05) is 5.32 Å². The van der Waals surface area contributed by atoms with Crippen molar-refractivity contribution in [1.82, 2.24) is 5.32 Å². The normalized spacial score (nSPS) is 16.8. The van der Waals surface area contributed by atoms with Crippen LogP contribution in [0.15, 0.2) is 0 Å². The molecule has 10 nitrogen and oxygen atoms in total. The summed E-state index contributed by atoms with van der Waals surface area (Å²) in [6.45, 7) is 0.553. The molecule has 4 unspecified atom stereocenters. The van der Waals surface area contributed by atoms with Crippen LogP contribution < -0.4 is 16.8 Å². The first-order valence-electron chi connectivity index (χ1n) is 5.24. The van der Waals surface area contributed by atoms with Crippen LogP contribution in [-0.4, -0.2) is 64.2 Å². The number of aliphatic carboxylic acids is 1. The van der Waals surface area contributed by atoms with Crippen LogP contribution in [0.2, 0.25) is 0 Å². The number of primary amides is 1. The summed E-state index contributed by atoms with van der Waals surface area (Å²) in [6.07, 6.45) is -4.54. The lowest BCUT2D eigenvalue weighted by molar-refractivity contribution is -0.142. The summed E-state index contributed by atoms with van der Waals surface area (Å²) in [5, 5.41) is 29.5. The first-order chi connectivity index (χ1) is 8.66. The smallest absolute Gasteiger partial charge is 0.404 e.